The third-order valence-corrected chi connectivity index (χ3v) is 5.54. The number of anilines is 4. The summed E-state index contributed by atoms with van der Waals surface area (Å²) < 4.78 is 5.37. The van der Waals surface area contributed by atoms with E-state index in [1.54, 1.807) is 6.07 Å². The van der Waals surface area contributed by atoms with E-state index in [0.29, 0.717) is 49.6 Å². The van der Waals surface area contributed by atoms with Crippen LogP contribution in [0.3, 0.4) is 0 Å². The molecule has 1 saturated heterocycles. The first-order chi connectivity index (χ1) is 15.6. The van der Waals surface area contributed by atoms with Crippen LogP contribution in [0.4, 0.5) is 23.5 Å². The van der Waals surface area contributed by atoms with E-state index in [0.717, 1.165) is 42.6 Å². The van der Waals surface area contributed by atoms with E-state index in [1.807, 2.05) is 24.0 Å². The summed E-state index contributed by atoms with van der Waals surface area (Å²) in [6.45, 7) is 5.85. The van der Waals surface area contributed by atoms with Crippen molar-refractivity contribution in [3.05, 3.63) is 40.2 Å². The fraction of sp³-hybridized carbons (Fsp3) is 0.455. The maximum Gasteiger partial charge on any atom is 0.336 e. The molecule has 1 aromatic carbocycles. The zero-order chi connectivity index (χ0) is 22.5. The van der Waals surface area contributed by atoms with Crippen molar-refractivity contribution in [3.8, 4) is 0 Å². The lowest BCUT2D eigenvalue weighted by molar-refractivity contribution is 0.560. The number of fused-ring (bicyclic) bond motifs is 1. The first kappa shape index (κ1) is 30.0. The van der Waals surface area contributed by atoms with E-state index in [1.165, 1.54) is 12.5 Å². The van der Waals surface area contributed by atoms with Crippen LogP contribution in [0.1, 0.15) is 27.7 Å². The molecule has 0 bridgehead atoms. The van der Waals surface area contributed by atoms with Crippen LogP contribution >= 0.6 is 12.4 Å². The summed E-state index contributed by atoms with van der Waals surface area (Å²) in [4.78, 5) is 30.0. The van der Waals surface area contributed by atoms with Gasteiger partial charge in [-0.2, -0.15) is 15.0 Å². The second-order valence-electron chi connectivity index (χ2n) is 7.96. The Kier molecular flexibility index (Phi) is 11.8. The summed E-state index contributed by atoms with van der Waals surface area (Å²) in [7, 11) is 0. The van der Waals surface area contributed by atoms with Gasteiger partial charge in [-0.05, 0) is 43.9 Å². The van der Waals surface area contributed by atoms with E-state index >= 15 is 0 Å². The smallest absolute Gasteiger partial charge is 0.336 e. The normalized spacial score (nSPS) is 12.8. The Morgan fingerprint density at radius 1 is 1.06 bits per heavy atom. The molecule has 0 unspecified atom stereocenters. The summed E-state index contributed by atoms with van der Waals surface area (Å²) in [6, 6.07) is 7.10. The van der Waals surface area contributed by atoms with Crippen molar-refractivity contribution in [1.29, 1.82) is 0 Å². The topological polar surface area (TPSA) is 209 Å². The molecule has 1 aliphatic rings. The Hall–Kier alpha value is -3.03. The average Bonchev–Trinajstić information content (AvgIpc) is 2.79. The van der Waals surface area contributed by atoms with Crippen LogP contribution in [0.15, 0.2) is 33.5 Å². The summed E-state index contributed by atoms with van der Waals surface area (Å²) >= 11 is 0. The van der Waals surface area contributed by atoms with Gasteiger partial charge in [-0.15, -0.1) is 12.4 Å². The summed E-state index contributed by atoms with van der Waals surface area (Å²) in [5, 5.41) is 4.14. The molecule has 11 N–H and O–H groups in total. The minimum Gasteiger partial charge on any atom is -0.423 e. The molecule has 0 aliphatic carbocycles. The highest BCUT2D eigenvalue weighted by atomic mass is 35.5. The van der Waals surface area contributed by atoms with Gasteiger partial charge in [0, 0.05) is 65.3 Å². The number of hydrogen-bond acceptors (Lipinski definition) is 12. The van der Waals surface area contributed by atoms with Gasteiger partial charge < -0.3 is 43.3 Å². The molecule has 3 aromatic rings. The highest BCUT2D eigenvalue weighted by Crippen LogP contribution is 2.25. The van der Waals surface area contributed by atoms with Crippen LogP contribution in [-0.4, -0.2) is 54.2 Å². The molecular formula is C22H41ClN10O2. The maximum absolute atomic E-state index is 11.8. The number of aromatic nitrogens is 3. The lowest BCUT2D eigenvalue weighted by Crippen LogP contribution is -2.36. The summed E-state index contributed by atoms with van der Waals surface area (Å²) in [5.41, 5.74) is 13.3. The Morgan fingerprint density at radius 2 is 1.74 bits per heavy atom. The largest absolute Gasteiger partial charge is 0.423 e. The van der Waals surface area contributed by atoms with Crippen molar-refractivity contribution < 1.29 is 7.27 Å². The van der Waals surface area contributed by atoms with Gasteiger partial charge in [0.25, 0.3) is 0 Å². The molecule has 12 nitrogen and oxygen atoms in total. The van der Waals surface area contributed by atoms with Gasteiger partial charge >= 0.3 is 5.63 Å². The Labute approximate surface area is 214 Å². The standard InChI is InChI=1S/C22H30N8O2.ClH.2H3N.2H2/c1-15-13-19(31)32-18-14-16(5-6-17(15)18)25-20-26-21(29-9-3-2-4-10-29)28-22(27-20)30(11-7-23)12-8-24;;;;;/h5-6,13-14H,2-4,7-12,23-24H2,1H3,(H,25,26,27,28);1H;2*1H3;2*1H. The van der Waals surface area contributed by atoms with Crippen molar-refractivity contribution in [2.75, 3.05) is 54.4 Å². The van der Waals surface area contributed by atoms with Gasteiger partial charge in [0.15, 0.2) is 0 Å². The van der Waals surface area contributed by atoms with E-state index in [2.05, 4.69) is 20.2 Å². The van der Waals surface area contributed by atoms with E-state index < -0.39 is 0 Å². The van der Waals surface area contributed by atoms with E-state index in [9.17, 15) is 4.79 Å². The first-order valence-electron chi connectivity index (χ1n) is 11.0. The molecule has 13 heteroatoms. The second kappa shape index (κ2) is 13.8. The monoisotopic (exact) mass is 512 g/mol. The molecule has 4 rings (SSSR count). The fourth-order valence-electron chi connectivity index (χ4n) is 3.94. The minimum absolute atomic E-state index is 0. The molecule has 198 valence electrons. The lowest BCUT2D eigenvalue weighted by atomic mass is 10.1. The number of nitrogens with zero attached hydrogens (tertiary/aromatic N) is 5. The lowest BCUT2D eigenvalue weighted by Gasteiger charge is -2.28. The molecule has 3 heterocycles. The molecule has 0 amide bonds. The molecule has 0 radical (unpaired) electrons. The van der Waals surface area contributed by atoms with Gasteiger partial charge in [0.1, 0.15) is 5.58 Å². The minimum atomic E-state index is -0.374. The van der Waals surface area contributed by atoms with Crippen molar-refractivity contribution in [1.82, 2.24) is 27.3 Å². The number of nitrogens with one attached hydrogen (secondary N) is 1. The highest BCUT2D eigenvalue weighted by molar-refractivity contribution is 5.85. The van der Waals surface area contributed by atoms with Crippen LogP contribution in [0, 0.1) is 6.92 Å². The van der Waals surface area contributed by atoms with Crippen molar-refractivity contribution in [2.45, 2.75) is 26.2 Å². The van der Waals surface area contributed by atoms with E-state index in [4.69, 9.17) is 20.9 Å². The molecule has 35 heavy (non-hydrogen) atoms. The molecule has 0 atom stereocenters. The molecular weight excluding hydrogens is 472 g/mol. The predicted octanol–water partition coefficient (Wildman–Crippen LogP) is 2.98. The van der Waals surface area contributed by atoms with Gasteiger partial charge in [0.2, 0.25) is 17.8 Å². The molecule has 0 saturated carbocycles. The Morgan fingerprint density at radius 3 is 2.40 bits per heavy atom. The van der Waals surface area contributed by atoms with Gasteiger partial charge in [-0.25, -0.2) is 4.79 Å². The van der Waals surface area contributed by atoms with Crippen LogP contribution in [0.2, 0.25) is 0 Å². The molecule has 0 spiro atoms. The van der Waals surface area contributed by atoms with E-state index in [-0.39, 0.29) is 33.2 Å². The fourth-order valence-corrected chi connectivity index (χ4v) is 3.94. The van der Waals surface area contributed by atoms with Crippen LogP contribution in [0.25, 0.3) is 11.0 Å². The van der Waals surface area contributed by atoms with Gasteiger partial charge in [0.05, 0.1) is 0 Å². The zero-order valence-electron chi connectivity index (χ0n) is 20.2. The van der Waals surface area contributed by atoms with Crippen molar-refractivity contribution >= 4 is 46.9 Å². The van der Waals surface area contributed by atoms with Crippen LogP contribution in [0.5, 0.6) is 0 Å². The number of rotatable bonds is 8. The Bertz CT molecular complexity index is 1140. The number of aryl methyl sites for hydroxylation is 1. The number of halogens is 1. The molecule has 2 aromatic heterocycles. The SMILES string of the molecule is Cc1cc(=O)oc2cc(Nc3nc(N(CCN)CCN)nc(N4CCCCC4)n3)ccc12.Cl.N.N.[HH].[HH]. The second-order valence-corrected chi connectivity index (χ2v) is 7.96. The van der Waals surface area contributed by atoms with Gasteiger partial charge in [-0.1, -0.05) is 0 Å². The first-order valence-corrected chi connectivity index (χ1v) is 11.0. The van der Waals surface area contributed by atoms with Crippen molar-refractivity contribution in [3.63, 3.8) is 0 Å². The summed E-state index contributed by atoms with van der Waals surface area (Å²) in [5.74, 6) is 1.60. The average molecular weight is 513 g/mol. The maximum atomic E-state index is 11.8. The third kappa shape index (κ3) is 7.23. The zero-order valence-corrected chi connectivity index (χ0v) is 21.0. The third-order valence-electron chi connectivity index (χ3n) is 5.54. The number of benzene rings is 1. The van der Waals surface area contributed by atoms with Crippen molar-refractivity contribution in [2.24, 2.45) is 11.5 Å². The quantitative estimate of drug-likeness (QED) is 0.275. The summed E-state index contributed by atoms with van der Waals surface area (Å²) in [6.07, 6.45) is 3.44. The molecule has 1 fully saturated rings. The van der Waals surface area contributed by atoms with Crippen LogP contribution < -0.4 is 44.5 Å². The highest BCUT2D eigenvalue weighted by Gasteiger charge is 2.19. The number of nitrogens with two attached hydrogens (primary N) is 2. The number of hydrogen-bond donors (Lipinski definition) is 5. The van der Waals surface area contributed by atoms with Gasteiger partial charge in [-0.3, -0.25) is 0 Å². The Balaban J connectivity index is 0. The number of piperidine rings is 1. The molecule has 1 aliphatic heterocycles. The predicted molar refractivity (Wildman–Crippen MR) is 148 cm³/mol. The van der Waals surface area contributed by atoms with Crippen LogP contribution in [-0.2, 0) is 0 Å².